The smallest absolute Gasteiger partial charge is 0.316 e. The summed E-state index contributed by atoms with van der Waals surface area (Å²) in [6.07, 6.45) is 0.838. The Morgan fingerprint density at radius 1 is 1.17 bits per heavy atom. The van der Waals surface area contributed by atoms with Crippen LogP contribution < -0.4 is 0 Å². The van der Waals surface area contributed by atoms with E-state index in [1.54, 1.807) is 6.92 Å². The molecule has 18 heavy (non-hydrogen) atoms. The maximum absolute atomic E-state index is 11.8. The van der Waals surface area contributed by atoms with Crippen molar-refractivity contribution in [3.05, 3.63) is 0 Å². The van der Waals surface area contributed by atoms with Crippen LogP contribution in [0.3, 0.4) is 0 Å². The minimum absolute atomic E-state index is 0.0298. The van der Waals surface area contributed by atoms with Crippen LogP contribution in [0.1, 0.15) is 41.0 Å². The monoisotopic (exact) mass is 257 g/mol. The summed E-state index contributed by atoms with van der Waals surface area (Å²) in [5.74, 6) is -1.06. The van der Waals surface area contributed by atoms with Crippen molar-refractivity contribution >= 4 is 11.8 Å². The minimum atomic E-state index is -0.611. The fourth-order valence-corrected chi connectivity index (χ4v) is 2.12. The summed E-state index contributed by atoms with van der Waals surface area (Å²) in [7, 11) is 0. The van der Waals surface area contributed by atoms with Crippen molar-refractivity contribution in [3.63, 3.8) is 0 Å². The van der Waals surface area contributed by atoms with Gasteiger partial charge in [-0.05, 0) is 45.8 Å². The third kappa shape index (κ3) is 5.63. The van der Waals surface area contributed by atoms with E-state index in [0.29, 0.717) is 6.61 Å². The molecular weight excluding hydrogens is 230 g/mol. The number of Topliss-reactive ketones (excluding diaryl/α,β-unsaturated/α-hetero) is 1. The van der Waals surface area contributed by atoms with Crippen LogP contribution in [-0.2, 0) is 14.3 Å². The van der Waals surface area contributed by atoms with Crippen LogP contribution >= 0.6 is 0 Å². The van der Waals surface area contributed by atoms with Crippen molar-refractivity contribution < 1.29 is 14.3 Å². The van der Waals surface area contributed by atoms with Crippen LogP contribution in [0, 0.1) is 11.8 Å². The maximum Gasteiger partial charge on any atom is 0.316 e. The van der Waals surface area contributed by atoms with E-state index >= 15 is 0 Å². The van der Waals surface area contributed by atoms with Crippen LogP contribution in [0.25, 0.3) is 0 Å². The summed E-state index contributed by atoms with van der Waals surface area (Å²) in [6.45, 7) is 12.6. The predicted octanol–water partition coefficient (Wildman–Crippen LogP) is 2.12. The first kappa shape index (κ1) is 17.1. The second kappa shape index (κ2) is 9.09. The third-order valence-corrected chi connectivity index (χ3v) is 3.34. The molecular formula is C14H27NO3. The molecule has 0 fully saturated rings. The highest BCUT2D eigenvalue weighted by molar-refractivity contribution is 5.98. The van der Waals surface area contributed by atoms with E-state index in [2.05, 4.69) is 18.7 Å². The second-order valence-corrected chi connectivity index (χ2v) is 4.63. The van der Waals surface area contributed by atoms with Gasteiger partial charge in [0.05, 0.1) is 6.61 Å². The Bertz CT molecular complexity index is 262. The molecule has 0 aliphatic carbocycles. The standard InChI is InChI=1S/C14H27NO3/c1-6-15(7-2)10-9-11(4)13(12(5)16)14(17)18-8-3/h11,13H,6-10H2,1-5H3. The number of ketones is 1. The van der Waals surface area contributed by atoms with Crippen LogP contribution in [0.5, 0.6) is 0 Å². The highest BCUT2D eigenvalue weighted by Crippen LogP contribution is 2.19. The zero-order valence-corrected chi connectivity index (χ0v) is 12.4. The summed E-state index contributed by atoms with van der Waals surface area (Å²) in [5.41, 5.74) is 0. The average Bonchev–Trinajstić information content (AvgIpc) is 2.30. The number of hydrogen-bond donors (Lipinski definition) is 0. The molecule has 0 aromatic heterocycles. The SMILES string of the molecule is CCOC(=O)C(C(C)=O)C(C)CCN(CC)CC. The highest BCUT2D eigenvalue weighted by atomic mass is 16.5. The minimum Gasteiger partial charge on any atom is -0.465 e. The molecule has 4 nitrogen and oxygen atoms in total. The maximum atomic E-state index is 11.8. The van der Waals surface area contributed by atoms with Gasteiger partial charge in [-0.1, -0.05) is 20.8 Å². The lowest BCUT2D eigenvalue weighted by Crippen LogP contribution is -2.33. The molecule has 0 aromatic rings. The number of ether oxygens (including phenoxy) is 1. The number of rotatable bonds is 9. The van der Waals surface area contributed by atoms with E-state index in [4.69, 9.17) is 4.74 Å². The number of carbonyl (C=O) groups excluding carboxylic acids is 2. The van der Waals surface area contributed by atoms with Crippen LogP contribution in [0.15, 0.2) is 0 Å². The summed E-state index contributed by atoms with van der Waals surface area (Å²) in [6, 6.07) is 0. The molecule has 0 rings (SSSR count). The third-order valence-electron chi connectivity index (χ3n) is 3.34. The molecule has 0 saturated heterocycles. The first-order valence-corrected chi connectivity index (χ1v) is 6.87. The van der Waals surface area contributed by atoms with E-state index in [-0.39, 0.29) is 17.7 Å². The molecule has 0 aliphatic heterocycles. The van der Waals surface area contributed by atoms with Gasteiger partial charge in [-0.15, -0.1) is 0 Å². The molecule has 0 aliphatic rings. The van der Waals surface area contributed by atoms with E-state index in [1.807, 2.05) is 6.92 Å². The fourth-order valence-electron chi connectivity index (χ4n) is 2.12. The van der Waals surface area contributed by atoms with Gasteiger partial charge in [-0.25, -0.2) is 0 Å². The fraction of sp³-hybridized carbons (Fsp3) is 0.857. The summed E-state index contributed by atoms with van der Waals surface area (Å²) < 4.78 is 4.97. The van der Waals surface area contributed by atoms with E-state index < -0.39 is 5.92 Å². The molecule has 4 heteroatoms. The van der Waals surface area contributed by atoms with Gasteiger partial charge in [0.25, 0.3) is 0 Å². The number of esters is 1. The van der Waals surface area contributed by atoms with E-state index in [0.717, 1.165) is 26.1 Å². The van der Waals surface area contributed by atoms with Crippen molar-refractivity contribution in [1.82, 2.24) is 4.90 Å². The van der Waals surface area contributed by atoms with Gasteiger partial charge in [0.2, 0.25) is 0 Å². The Morgan fingerprint density at radius 3 is 2.11 bits per heavy atom. The van der Waals surface area contributed by atoms with Gasteiger partial charge in [-0.2, -0.15) is 0 Å². The van der Waals surface area contributed by atoms with Gasteiger partial charge in [0.15, 0.2) is 0 Å². The summed E-state index contributed by atoms with van der Waals surface area (Å²) in [5, 5.41) is 0. The van der Waals surface area contributed by atoms with Gasteiger partial charge in [-0.3, -0.25) is 9.59 Å². The number of nitrogens with zero attached hydrogens (tertiary/aromatic N) is 1. The molecule has 0 radical (unpaired) electrons. The lowest BCUT2D eigenvalue weighted by atomic mass is 9.88. The van der Waals surface area contributed by atoms with Crippen LogP contribution in [-0.4, -0.2) is 42.9 Å². The largest absolute Gasteiger partial charge is 0.465 e. The molecule has 0 N–H and O–H groups in total. The zero-order valence-electron chi connectivity index (χ0n) is 12.4. The molecule has 2 unspecified atom stereocenters. The Labute approximate surface area is 111 Å². The molecule has 106 valence electrons. The molecule has 0 bridgehead atoms. The molecule has 2 atom stereocenters. The Morgan fingerprint density at radius 2 is 1.72 bits per heavy atom. The molecule has 0 saturated carbocycles. The van der Waals surface area contributed by atoms with Gasteiger partial charge >= 0.3 is 5.97 Å². The van der Waals surface area contributed by atoms with E-state index in [9.17, 15) is 9.59 Å². The lowest BCUT2D eigenvalue weighted by molar-refractivity contribution is -0.153. The quantitative estimate of drug-likeness (QED) is 0.469. The molecule has 0 aromatic carbocycles. The molecule has 0 heterocycles. The number of hydrogen-bond acceptors (Lipinski definition) is 4. The van der Waals surface area contributed by atoms with Crippen molar-refractivity contribution in [3.8, 4) is 0 Å². The second-order valence-electron chi connectivity index (χ2n) is 4.63. The van der Waals surface area contributed by atoms with Crippen LogP contribution in [0.4, 0.5) is 0 Å². The summed E-state index contributed by atoms with van der Waals surface area (Å²) >= 11 is 0. The normalized spacial score (nSPS) is 14.3. The van der Waals surface area contributed by atoms with Gasteiger partial charge in [0.1, 0.15) is 11.7 Å². The first-order valence-electron chi connectivity index (χ1n) is 6.87. The average molecular weight is 257 g/mol. The van der Waals surface area contributed by atoms with Gasteiger partial charge in [0, 0.05) is 0 Å². The first-order chi connectivity index (χ1) is 8.47. The zero-order chi connectivity index (χ0) is 14.1. The highest BCUT2D eigenvalue weighted by Gasteiger charge is 2.30. The Hall–Kier alpha value is -0.900. The topological polar surface area (TPSA) is 46.6 Å². The lowest BCUT2D eigenvalue weighted by Gasteiger charge is -2.24. The predicted molar refractivity (Wildman–Crippen MR) is 72.4 cm³/mol. The number of carbonyl (C=O) groups is 2. The summed E-state index contributed by atoms with van der Waals surface area (Å²) in [4.78, 5) is 25.6. The molecule has 0 spiro atoms. The molecule has 0 amide bonds. The van der Waals surface area contributed by atoms with E-state index in [1.165, 1.54) is 6.92 Å². The Kier molecular flexibility index (Phi) is 8.63. The Balaban J connectivity index is 4.43. The van der Waals surface area contributed by atoms with Crippen molar-refractivity contribution in [2.75, 3.05) is 26.2 Å². The van der Waals surface area contributed by atoms with Gasteiger partial charge < -0.3 is 9.64 Å². The van der Waals surface area contributed by atoms with Crippen molar-refractivity contribution in [1.29, 1.82) is 0 Å². The van der Waals surface area contributed by atoms with Crippen LogP contribution in [0.2, 0.25) is 0 Å². The van der Waals surface area contributed by atoms with Crippen molar-refractivity contribution in [2.24, 2.45) is 11.8 Å². The van der Waals surface area contributed by atoms with Crippen molar-refractivity contribution in [2.45, 2.75) is 41.0 Å².